The highest BCUT2D eigenvalue weighted by molar-refractivity contribution is 6.30. The third-order valence-corrected chi connectivity index (χ3v) is 2.85. The number of carbonyl (C=O) groups is 1. The standard InChI is InChI=1S/C13H13ClN2O3/c1-19-13-10(6-12(17)18)7-15-16(13)8-9-3-2-4-11(14)5-9/h2-5,7H,6,8H2,1H3,(H,17,18). The molecule has 2 rings (SSSR count). The molecule has 5 nitrogen and oxygen atoms in total. The number of hydrogen-bond donors (Lipinski definition) is 1. The molecule has 0 amide bonds. The molecule has 0 saturated carbocycles. The number of hydrogen-bond acceptors (Lipinski definition) is 3. The molecule has 1 aromatic carbocycles. The van der Waals surface area contributed by atoms with Crippen LogP contribution in [-0.4, -0.2) is 28.0 Å². The van der Waals surface area contributed by atoms with E-state index in [0.29, 0.717) is 23.0 Å². The zero-order valence-electron chi connectivity index (χ0n) is 10.3. The van der Waals surface area contributed by atoms with Crippen LogP contribution in [0, 0.1) is 0 Å². The van der Waals surface area contributed by atoms with Crippen molar-refractivity contribution in [2.24, 2.45) is 0 Å². The fourth-order valence-corrected chi connectivity index (χ4v) is 2.07. The van der Waals surface area contributed by atoms with E-state index in [-0.39, 0.29) is 6.42 Å². The Hall–Kier alpha value is -2.01. The summed E-state index contributed by atoms with van der Waals surface area (Å²) in [5.74, 6) is -0.456. The molecule has 1 aromatic heterocycles. The van der Waals surface area contributed by atoms with Crippen LogP contribution in [-0.2, 0) is 17.8 Å². The summed E-state index contributed by atoms with van der Waals surface area (Å²) in [7, 11) is 1.50. The summed E-state index contributed by atoms with van der Waals surface area (Å²) < 4.78 is 6.84. The lowest BCUT2D eigenvalue weighted by Crippen LogP contribution is -2.06. The van der Waals surface area contributed by atoms with Crippen LogP contribution < -0.4 is 4.74 Å². The maximum atomic E-state index is 10.7. The summed E-state index contributed by atoms with van der Waals surface area (Å²) in [5.41, 5.74) is 1.52. The molecule has 0 unspecified atom stereocenters. The summed E-state index contributed by atoms with van der Waals surface area (Å²) in [6.45, 7) is 0.476. The Balaban J connectivity index is 2.25. The second kappa shape index (κ2) is 5.75. The van der Waals surface area contributed by atoms with Crippen molar-refractivity contribution in [3.05, 3.63) is 46.6 Å². The molecule has 19 heavy (non-hydrogen) atoms. The number of methoxy groups -OCH3 is 1. The smallest absolute Gasteiger partial charge is 0.308 e. The molecule has 6 heteroatoms. The van der Waals surface area contributed by atoms with Gasteiger partial charge in [0.2, 0.25) is 5.88 Å². The molecule has 100 valence electrons. The average molecular weight is 281 g/mol. The third-order valence-electron chi connectivity index (χ3n) is 2.62. The van der Waals surface area contributed by atoms with Crippen LogP contribution in [0.15, 0.2) is 30.5 Å². The van der Waals surface area contributed by atoms with Crippen molar-refractivity contribution >= 4 is 17.6 Å². The number of ether oxygens (including phenoxy) is 1. The van der Waals surface area contributed by atoms with Crippen LogP contribution >= 0.6 is 11.6 Å². The Morgan fingerprint density at radius 3 is 2.95 bits per heavy atom. The topological polar surface area (TPSA) is 64.3 Å². The van der Waals surface area contributed by atoms with Gasteiger partial charge in [-0.25, -0.2) is 4.68 Å². The molecule has 0 saturated heterocycles. The largest absolute Gasteiger partial charge is 0.481 e. The minimum absolute atomic E-state index is 0.112. The molecule has 0 atom stereocenters. The molecule has 0 spiro atoms. The lowest BCUT2D eigenvalue weighted by molar-refractivity contribution is -0.136. The predicted molar refractivity (Wildman–Crippen MR) is 70.7 cm³/mol. The van der Waals surface area contributed by atoms with Gasteiger partial charge in [-0.2, -0.15) is 5.10 Å². The molecular weight excluding hydrogens is 268 g/mol. The summed E-state index contributed by atoms with van der Waals surface area (Å²) in [6, 6.07) is 7.40. The van der Waals surface area contributed by atoms with E-state index in [1.54, 1.807) is 10.7 Å². The highest BCUT2D eigenvalue weighted by atomic mass is 35.5. The van der Waals surface area contributed by atoms with Gasteiger partial charge in [-0.3, -0.25) is 4.79 Å². The normalized spacial score (nSPS) is 10.4. The number of carboxylic acid groups (broad SMARTS) is 1. The molecule has 0 aliphatic rings. The fourth-order valence-electron chi connectivity index (χ4n) is 1.85. The van der Waals surface area contributed by atoms with Crippen molar-refractivity contribution in [1.29, 1.82) is 0 Å². The van der Waals surface area contributed by atoms with Crippen molar-refractivity contribution in [1.82, 2.24) is 9.78 Å². The average Bonchev–Trinajstić information content (AvgIpc) is 2.70. The number of nitrogens with zero attached hydrogens (tertiary/aromatic N) is 2. The van der Waals surface area contributed by atoms with Gasteiger partial charge in [-0.05, 0) is 17.7 Å². The van der Waals surface area contributed by atoms with Crippen LogP contribution in [0.1, 0.15) is 11.1 Å². The van der Waals surface area contributed by atoms with Crippen LogP contribution in [0.2, 0.25) is 5.02 Å². The first kappa shape index (κ1) is 13.4. The van der Waals surface area contributed by atoms with Gasteiger partial charge < -0.3 is 9.84 Å². The van der Waals surface area contributed by atoms with Gasteiger partial charge >= 0.3 is 5.97 Å². The molecule has 0 fully saturated rings. The van der Waals surface area contributed by atoms with Crippen molar-refractivity contribution in [3.8, 4) is 5.88 Å². The van der Waals surface area contributed by atoms with E-state index >= 15 is 0 Å². The van der Waals surface area contributed by atoms with E-state index in [1.807, 2.05) is 18.2 Å². The number of aromatic nitrogens is 2. The van der Waals surface area contributed by atoms with Gasteiger partial charge in [0.25, 0.3) is 0 Å². The van der Waals surface area contributed by atoms with Gasteiger partial charge in [0.05, 0.1) is 26.3 Å². The first-order valence-electron chi connectivity index (χ1n) is 5.65. The molecule has 1 heterocycles. The molecule has 0 aliphatic carbocycles. The van der Waals surface area contributed by atoms with Crippen molar-refractivity contribution in [2.75, 3.05) is 7.11 Å². The minimum atomic E-state index is -0.916. The second-order valence-corrected chi connectivity index (χ2v) is 4.47. The van der Waals surface area contributed by atoms with E-state index in [4.69, 9.17) is 21.4 Å². The van der Waals surface area contributed by atoms with Crippen LogP contribution in [0.25, 0.3) is 0 Å². The summed E-state index contributed by atoms with van der Waals surface area (Å²) in [5, 5.41) is 13.6. The van der Waals surface area contributed by atoms with E-state index in [2.05, 4.69) is 5.10 Å². The maximum absolute atomic E-state index is 10.7. The van der Waals surface area contributed by atoms with E-state index in [0.717, 1.165) is 5.56 Å². The van der Waals surface area contributed by atoms with Crippen molar-refractivity contribution in [2.45, 2.75) is 13.0 Å². The number of rotatable bonds is 5. The number of carboxylic acids is 1. The van der Waals surface area contributed by atoms with Crippen molar-refractivity contribution < 1.29 is 14.6 Å². The Bertz CT molecular complexity index is 595. The maximum Gasteiger partial charge on any atom is 0.308 e. The highest BCUT2D eigenvalue weighted by Gasteiger charge is 2.14. The van der Waals surface area contributed by atoms with Gasteiger partial charge in [-0.15, -0.1) is 0 Å². The van der Waals surface area contributed by atoms with Crippen LogP contribution in [0.5, 0.6) is 5.88 Å². The minimum Gasteiger partial charge on any atom is -0.481 e. The molecule has 2 aromatic rings. The monoisotopic (exact) mass is 280 g/mol. The first-order chi connectivity index (χ1) is 9.10. The highest BCUT2D eigenvalue weighted by Crippen LogP contribution is 2.20. The summed E-state index contributed by atoms with van der Waals surface area (Å²) >= 11 is 5.92. The molecule has 0 radical (unpaired) electrons. The number of aliphatic carboxylic acids is 1. The fraction of sp³-hybridized carbons (Fsp3) is 0.231. The molecule has 1 N–H and O–H groups in total. The Labute approximate surface area is 115 Å². The Kier molecular flexibility index (Phi) is 4.06. The summed E-state index contributed by atoms with van der Waals surface area (Å²) in [6.07, 6.45) is 1.40. The van der Waals surface area contributed by atoms with Crippen LogP contribution in [0.3, 0.4) is 0 Å². The van der Waals surface area contributed by atoms with Gasteiger partial charge in [-0.1, -0.05) is 23.7 Å². The van der Waals surface area contributed by atoms with E-state index in [9.17, 15) is 4.79 Å². The lowest BCUT2D eigenvalue weighted by atomic mass is 10.2. The van der Waals surface area contributed by atoms with E-state index in [1.165, 1.54) is 13.3 Å². The predicted octanol–water partition coefficient (Wildman–Crippen LogP) is 2.22. The zero-order valence-corrected chi connectivity index (χ0v) is 11.1. The van der Waals surface area contributed by atoms with Gasteiger partial charge in [0.1, 0.15) is 0 Å². The van der Waals surface area contributed by atoms with Gasteiger partial charge in [0.15, 0.2) is 0 Å². The quantitative estimate of drug-likeness (QED) is 0.912. The van der Waals surface area contributed by atoms with E-state index < -0.39 is 5.97 Å². The number of halogens is 1. The van der Waals surface area contributed by atoms with Crippen LogP contribution in [0.4, 0.5) is 0 Å². The Morgan fingerprint density at radius 2 is 2.32 bits per heavy atom. The second-order valence-electron chi connectivity index (χ2n) is 4.04. The summed E-state index contributed by atoms with van der Waals surface area (Å²) in [4.78, 5) is 10.7. The SMILES string of the molecule is COc1c(CC(=O)O)cnn1Cc1cccc(Cl)c1. The third kappa shape index (κ3) is 3.26. The molecular formula is C13H13ClN2O3. The molecule has 0 bridgehead atoms. The van der Waals surface area contributed by atoms with Gasteiger partial charge in [0, 0.05) is 10.6 Å². The van der Waals surface area contributed by atoms with Crippen molar-refractivity contribution in [3.63, 3.8) is 0 Å². The first-order valence-corrected chi connectivity index (χ1v) is 6.03. The Morgan fingerprint density at radius 1 is 1.53 bits per heavy atom. The number of benzene rings is 1. The lowest BCUT2D eigenvalue weighted by Gasteiger charge is -2.08. The zero-order chi connectivity index (χ0) is 13.8. The molecule has 0 aliphatic heterocycles.